The predicted octanol–water partition coefficient (Wildman–Crippen LogP) is 2.37. The molecule has 9 heteroatoms. The molecule has 2 aliphatic rings. The first-order valence-corrected chi connectivity index (χ1v) is 11.2. The smallest absolute Gasteiger partial charge is 0.259 e. The van der Waals surface area contributed by atoms with Crippen LogP contribution < -0.4 is 10.5 Å². The highest BCUT2D eigenvalue weighted by molar-refractivity contribution is 7.20. The molecule has 0 saturated carbocycles. The van der Waals surface area contributed by atoms with Gasteiger partial charge in [-0.05, 0) is 44.9 Å². The van der Waals surface area contributed by atoms with Crippen LogP contribution in [0.15, 0.2) is 29.3 Å². The van der Waals surface area contributed by atoms with Gasteiger partial charge >= 0.3 is 0 Å². The summed E-state index contributed by atoms with van der Waals surface area (Å²) >= 11 is 1.59. The second kappa shape index (κ2) is 6.61. The van der Waals surface area contributed by atoms with E-state index in [4.69, 9.17) is 4.98 Å². The van der Waals surface area contributed by atoms with Crippen LogP contribution in [-0.4, -0.2) is 61.1 Å². The molecule has 6 heterocycles. The van der Waals surface area contributed by atoms with Crippen LogP contribution in [-0.2, 0) is 0 Å². The molecule has 30 heavy (non-hydrogen) atoms. The Morgan fingerprint density at radius 2 is 1.97 bits per heavy atom. The van der Waals surface area contributed by atoms with E-state index < -0.39 is 0 Å². The number of anilines is 1. The molecular weight excluding hydrogens is 398 g/mol. The van der Waals surface area contributed by atoms with Gasteiger partial charge in [0.1, 0.15) is 10.7 Å². The molecule has 0 radical (unpaired) electrons. The highest BCUT2D eigenvalue weighted by Crippen LogP contribution is 2.30. The number of nitrogens with zero attached hydrogens (tertiary/aromatic N) is 7. The van der Waals surface area contributed by atoms with Crippen molar-refractivity contribution < 1.29 is 0 Å². The third-order valence-corrected chi connectivity index (χ3v) is 7.29. The van der Waals surface area contributed by atoms with Gasteiger partial charge in [0.25, 0.3) is 5.56 Å². The normalized spacial score (nSPS) is 19.8. The fourth-order valence-electron chi connectivity index (χ4n) is 4.73. The molecule has 0 unspecified atom stereocenters. The van der Waals surface area contributed by atoms with Gasteiger partial charge in [-0.15, -0.1) is 0 Å². The zero-order valence-corrected chi connectivity index (χ0v) is 17.9. The van der Waals surface area contributed by atoms with E-state index in [0.717, 1.165) is 41.5 Å². The summed E-state index contributed by atoms with van der Waals surface area (Å²) in [5.74, 6) is 0. The maximum Gasteiger partial charge on any atom is 0.259 e. The predicted molar refractivity (Wildman–Crippen MR) is 118 cm³/mol. The van der Waals surface area contributed by atoms with Crippen LogP contribution in [0.4, 0.5) is 5.00 Å². The minimum Gasteiger partial charge on any atom is -0.359 e. The Morgan fingerprint density at radius 3 is 2.87 bits per heavy atom. The molecule has 0 amide bonds. The molecule has 4 aromatic rings. The molecule has 2 aliphatic heterocycles. The maximum atomic E-state index is 12.9. The molecule has 0 aliphatic carbocycles. The lowest BCUT2D eigenvalue weighted by molar-refractivity contribution is 0.231. The van der Waals surface area contributed by atoms with E-state index in [9.17, 15) is 4.79 Å². The van der Waals surface area contributed by atoms with Crippen LogP contribution in [0.5, 0.6) is 0 Å². The molecule has 1 atom stereocenters. The van der Waals surface area contributed by atoms with Gasteiger partial charge in [-0.2, -0.15) is 5.10 Å². The number of rotatable bonds is 2. The van der Waals surface area contributed by atoms with Crippen molar-refractivity contribution in [1.82, 2.24) is 28.9 Å². The summed E-state index contributed by atoms with van der Waals surface area (Å²) in [6.45, 7) is 8.31. The number of fused-ring (bicyclic) bond motifs is 3. The number of aryl methyl sites for hydroxylation is 2. The van der Waals surface area contributed by atoms with Gasteiger partial charge in [0.2, 0.25) is 0 Å². The van der Waals surface area contributed by atoms with E-state index in [0.29, 0.717) is 22.4 Å². The SMILES string of the molecule is Cc1cn2nc(-c3cc(=O)n4cc(N5CCN6CCC[C@H]6C5)sc4n3)cc(C)c2n1. The van der Waals surface area contributed by atoms with E-state index in [1.165, 1.54) is 19.4 Å². The molecule has 0 bridgehead atoms. The van der Waals surface area contributed by atoms with Gasteiger partial charge in [-0.1, -0.05) is 11.3 Å². The molecule has 6 rings (SSSR count). The highest BCUT2D eigenvalue weighted by Gasteiger charge is 2.31. The van der Waals surface area contributed by atoms with Crippen molar-refractivity contribution in [2.24, 2.45) is 0 Å². The van der Waals surface area contributed by atoms with Crippen LogP contribution >= 0.6 is 11.3 Å². The number of piperazine rings is 1. The second-order valence-corrected chi connectivity index (χ2v) is 9.33. The Morgan fingerprint density at radius 1 is 1.07 bits per heavy atom. The molecule has 154 valence electrons. The van der Waals surface area contributed by atoms with E-state index in [1.807, 2.05) is 32.3 Å². The van der Waals surface area contributed by atoms with E-state index in [1.54, 1.807) is 26.3 Å². The zero-order valence-electron chi connectivity index (χ0n) is 17.1. The Bertz CT molecular complexity index is 1340. The van der Waals surface area contributed by atoms with Gasteiger partial charge in [0, 0.05) is 37.9 Å². The molecule has 2 saturated heterocycles. The minimum atomic E-state index is -0.0710. The molecule has 8 nitrogen and oxygen atoms in total. The molecular formula is C21H23N7OS. The lowest BCUT2D eigenvalue weighted by atomic mass is 10.2. The van der Waals surface area contributed by atoms with Crippen molar-refractivity contribution in [3.8, 4) is 11.4 Å². The van der Waals surface area contributed by atoms with Gasteiger partial charge in [0.05, 0.1) is 17.6 Å². The Kier molecular flexibility index (Phi) is 3.97. The molecule has 0 aromatic carbocycles. The number of imidazole rings is 1. The average Bonchev–Trinajstić information content (AvgIpc) is 3.44. The van der Waals surface area contributed by atoms with Crippen molar-refractivity contribution in [3.05, 3.63) is 46.1 Å². The van der Waals surface area contributed by atoms with Crippen molar-refractivity contribution in [2.45, 2.75) is 32.7 Å². The molecule has 4 aromatic heterocycles. The number of aromatic nitrogens is 5. The zero-order chi connectivity index (χ0) is 20.4. The number of hydrogen-bond acceptors (Lipinski definition) is 7. The average molecular weight is 422 g/mol. The highest BCUT2D eigenvalue weighted by atomic mass is 32.1. The standard InChI is InChI=1S/C21H23N7OS/c1-13-8-17(24-28-10-14(2)22-20(13)28)16-9-18(29)27-12-19(30-21(27)23-16)26-7-6-25-5-3-4-15(25)11-26/h8-10,12,15H,3-7,11H2,1-2H3/t15-/m0/s1. The fraction of sp³-hybridized carbons (Fsp3) is 0.429. The first-order valence-electron chi connectivity index (χ1n) is 10.4. The minimum absolute atomic E-state index is 0.0710. The van der Waals surface area contributed by atoms with Crippen LogP contribution in [0, 0.1) is 13.8 Å². The van der Waals surface area contributed by atoms with Gasteiger partial charge in [0.15, 0.2) is 10.6 Å². The topological polar surface area (TPSA) is 71.0 Å². The Labute approximate surface area is 177 Å². The lowest BCUT2D eigenvalue weighted by Crippen LogP contribution is -2.50. The summed E-state index contributed by atoms with van der Waals surface area (Å²) < 4.78 is 3.43. The van der Waals surface area contributed by atoms with Crippen LogP contribution in [0.25, 0.3) is 22.0 Å². The monoisotopic (exact) mass is 421 g/mol. The van der Waals surface area contributed by atoms with E-state index in [-0.39, 0.29) is 5.56 Å². The van der Waals surface area contributed by atoms with E-state index in [2.05, 4.69) is 19.9 Å². The summed E-state index contributed by atoms with van der Waals surface area (Å²) in [4.78, 5) is 27.9. The van der Waals surface area contributed by atoms with Crippen LogP contribution in [0.2, 0.25) is 0 Å². The summed E-state index contributed by atoms with van der Waals surface area (Å²) in [7, 11) is 0. The van der Waals surface area contributed by atoms with E-state index >= 15 is 0 Å². The number of hydrogen-bond donors (Lipinski definition) is 0. The van der Waals surface area contributed by atoms with Crippen molar-refractivity contribution in [1.29, 1.82) is 0 Å². The quantitative estimate of drug-likeness (QED) is 0.495. The van der Waals surface area contributed by atoms with Crippen molar-refractivity contribution >= 4 is 26.9 Å². The fourth-order valence-corrected chi connectivity index (χ4v) is 5.76. The van der Waals surface area contributed by atoms with Crippen LogP contribution in [0.1, 0.15) is 24.1 Å². The third-order valence-electron chi connectivity index (χ3n) is 6.25. The summed E-state index contributed by atoms with van der Waals surface area (Å²) in [5, 5.41) is 5.76. The third kappa shape index (κ3) is 2.84. The summed E-state index contributed by atoms with van der Waals surface area (Å²) in [6.07, 6.45) is 6.40. The first kappa shape index (κ1) is 18.0. The largest absolute Gasteiger partial charge is 0.359 e. The lowest BCUT2D eigenvalue weighted by Gasteiger charge is -2.37. The van der Waals surface area contributed by atoms with Gasteiger partial charge < -0.3 is 4.90 Å². The Balaban J connectivity index is 1.40. The summed E-state index contributed by atoms with van der Waals surface area (Å²) in [5.41, 5.74) is 3.97. The van der Waals surface area contributed by atoms with Crippen LogP contribution in [0.3, 0.4) is 0 Å². The molecule has 0 N–H and O–H groups in total. The second-order valence-electron chi connectivity index (χ2n) is 8.34. The van der Waals surface area contributed by atoms with Crippen molar-refractivity contribution in [3.63, 3.8) is 0 Å². The Hall–Kier alpha value is -2.78. The summed E-state index contributed by atoms with van der Waals surface area (Å²) in [6, 6.07) is 4.17. The van der Waals surface area contributed by atoms with Gasteiger partial charge in [-0.25, -0.2) is 14.5 Å². The molecule has 2 fully saturated rings. The first-order chi connectivity index (χ1) is 14.5. The number of thiazole rings is 1. The van der Waals surface area contributed by atoms with Crippen molar-refractivity contribution in [2.75, 3.05) is 31.1 Å². The van der Waals surface area contributed by atoms with Gasteiger partial charge in [-0.3, -0.25) is 14.1 Å². The maximum absolute atomic E-state index is 12.9. The molecule has 0 spiro atoms.